The molecular formula is C24H30F3N5O. The van der Waals surface area contributed by atoms with Crippen molar-refractivity contribution in [3.8, 4) is 0 Å². The van der Waals surface area contributed by atoms with Gasteiger partial charge in [-0.25, -0.2) is 23.1 Å². The Kier molecular flexibility index (Phi) is 6.76. The Morgan fingerprint density at radius 2 is 1.85 bits per heavy atom. The van der Waals surface area contributed by atoms with Crippen molar-refractivity contribution in [1.29, 1.82) is 0 Å². The van der Waals surface area contributed by atoms with Gasteiger partial charge in [-0.15, -0.1) is 0 Å². The summed E-state index contributed by atoms with van der Waals surface area (Å²) in [6.07, 6.45) is 0.212. The minimum atomic E-state index is -1.48. The number of fused-ring (bicyclic) bond motifs is 1. The number of hydrogen-bond acceptors (Lipinski definition) is 5. The molecule has 0 aliphatic carbocycles. The van der Waals surface area contributed by atoms with E-state index in [-0.39, 0.29) is 23.4 Å². The number of amides is 1. The lowest BCUT2D eigenvalue weighted by Crippen LogP contribution is -2.38. The lowest BCUT2D eigenvalue weighted by atomic mass is 9.88. The van der Waals surface area contributed by atoms with Crippen molar-refractivity contribution in [2.24, 2.45) is 5.92 Å². The number of nitrogens with zero attached hydrogens (tertiary/aromatic N) is 4. The Morgan fingerprint density at radius 3 is 2.48 bits per heavy atom. The van der Waals surface area contributed by atoms with E-state index in [2.05, 4.69) is 10.2 Å². The molecule has 4 rings (SSSR count). The summed E-state index contributed by atoms with van der Waals surface area (Å²) in [5, 5.41) is 3.36. The molecule has 1 aromatic heterocycles. The third kappa shape index (κ3) is 5.07. The molecule has 0 radical (unpaired) electrons. The normalized spacial score (nSPS) is 17.8. The van der Waals surface area contributed by atoms with Crippen LogP contribution >= 0.6 is 0 Å². The molecule has 0 saturated carbocycles. The highest BCUT2D eigenvalue weighted by Crippen LogP contribution is 2.37. The number of nitrogens with one attached hydrogen (secondary N) is 1. The van der Waals surface area contributed by atoms with E-state index < -0.39 is 17.8 Å². The molecular weight excluding hydrogens is 431 g/mol. The molecule has 1 amide bonds. The van der Waals surface area contributed by atoms with Crippen LogP contribution in [0.1, 0.15) is 56.7 Å². The average Bonchev–Trinajstić information content (AvgIpc) is 2.77. The molecule has 33 heavy (non-hydrogen) atoms. The predicted molar refractivity (Wildman–Crippen MR) is 121 cm³/mol. The Balaban J connectivity index is 1.52. The standard InChI is InChI=1S/C24H30F3N5O/c1-14(2)28-23-24(30-20-8-11-32(15(3)33)13-21(20)29-23)31-9-6-16(7-10-31)22(27)18-5-4-17(25)12-19(18)26/h4-5,12,14,16,22H,6-11,13H2,1-3H3,(H,28,29)/t22-/m1/s1. The molecule has 1 aromatic carbocycles. The third-order valence-corrected chi connectivity index (χ3v) is 6.38. The van der Waals surface area contributed by atoms with Crippen LogP contribution in [0.15, 0.2) is 18.2 Å². The summed E-state index contributed by atoms with van der Waals surface area (Å²) < 4.78 is 42.3. The largest absolute Gasteiger partial charge is 0.365 e. The van der Waals surface area contributed by atoms with E-state index in [1.165, 1.54) is 6.07 Å². The third-order valence-electron chi connectivity index (χ3n) is 6.38. The van der Waals surface area contributed by atoms with Crippen LogP contribution in [-0.4, -0.2) is 46.5 Å². The lowest BCUT2D eigenvalue weighted by Gasteiger charge is -2.36. The first kappa shape index (κ1) is 23.3. The molecule has 2 aromatic rings. The van der Waals surface area contributed by atoms with E-state index >= 15 is 4.39 Å². The van der Waals surface area contributed by atoms with Gasteiger partial charge in [0.1, 0.15) is 17.8 Å². The fourth-order valence-corrected chi connectivity index (χ4v) is 4.56. The summed E-state index contributed by atoms with van der Waals surface area (Å²) in [4.78, 5) is 25.4. The first-order valence-electron chi connectivity index (χ1n) is 11.5. The molecule has 178 valence electrons. The second kappa shape index (κ2) is 9.57. The highest BCUT2D eigenvalue weighted by molar-refractivity contribution is 5.73. The zero-order chi connectivity index (χ0) is 23.7. The van der Waals surface area contributed by atoms with Crippen LogP contribution < -0.4 is 10.2 Å². The molecule has 1 fully saturated rings. The maximum absolute atomic E-state index is 15.1. The molecule has 0 spiro atoms. The highest BCUT2D eigenvalue weighted by Gasteiger charge is 2.32. The minimum absolute atomic E-state index is 0.0188. The molecule has 2 aliphatic heterocycles. The maximum atomic E-state index is 15.1. The van der Waals surface area contributed by atoms with E-state index in [9.17, 15) is 13.6 Å². The lowest BCUT2D eigenvalue weighted by molar-refractivity contribution is -0.129. The van der Waals surface area contributed by atoms with Gasteiger partial charge in [0.25, 0.3) is 0 Å². The van der Waals surface area contributed by atoms with Gasteiger partial charge in [-0.05, 0) is 38.7 Å². The Bertz CT molecular complexity index is 1020. The maximum Gasteiger partial charge on any atom is 0.219 e. The Hall–Kier alpha value is -2.84. The Morgan fingerprint density at radius 1 is 1.12 bits per heavy atom. The smallest absolute Gasteiger partial charge is 0.219 e. The molecule has 6 nitrogen and oxygen atoms in total. The fourth-order valence-electron chi connectivity index (χ4n) is 4.56. The number of rotatable bonds is 5. The average molecular weight is 462 g/mol. The predicted octanol–water partition coefficient (Wildman–Crippen LogP) is 4.41. The molecule has 1 N–H and O–H groups in total. The van der Waals surface area contributed by atoms with Crippen molar-refractivity contribution in [1.82, 2.24) is 14.9 Å². The number of halogens is 3. The van der Waals surface area contributed by atoms with Gasteiger partial charge in [-0.2, -0.15) is 0 Å². The SMILES string of the molecule is CC(=O)N1CCc2nc(N3CCC([C@@H](F)c4ccc(F)cc4F)CC3)c(NC(C)C)nc2C1. The summed E-state index contributed by atoms with van der Waals surface area (Å²) in [5.74, 6) is -0.480. The van der Waals surface area contributed by atoms with Gasteiger partial charge in [0, 0.05) is 50.7 Å². The van der Waals surface area contributed by atoms with E-state index in [1.54, 1.807) is 11.8 Å². The number of aromatic nitrogens is 2. The van der Waals surface area contributed by atoms with Crippen LogP contribution in [0.4, 0.5) is 24.8 Å². The minimum Gasteiger partial charge on any atom is -0.365 e. The first-order chi connectivity index (χ1) is 15.7. The monoisotopic (exact) mass is 461 g/mol. The van der Waals surface area contributed by atoms with Crippen LogP contribution in [0.25, 0.3) is 0 Å². The van der Waals surface area contributed by atoms with Crippen molar-refractivity contribution in [3.05, 3.63) is 46.8 Å². The van der Waals surface area contributed by atoms with Gasteiger partial charge in [-0.1, -0.05) is 6.07 Å². The number of carbonyl (C=O) groups excluding carboxylic acids is 1. The van der Waals surface area contributed by atoms with Crippen molar-refractivity contribution < 1.29 is 18.0 Å². The van der Waals surface area contributed by atoms with Crippen molar-refractivity contribution >= 4 is 17.5 Å². The number of carbonyl (C=O) groups is 1. The number of anilines is 2. The summed E-state index contributed by atoms with van der Waals surface area (Å²) in [5.41, 5.74) is 1.60. The van der Waals surface area contributed by atoms with Crippen molar-refractivity contribution in [3.63, 3.8) is 0 Å². The van der Waals surface area contributed by atoms with Gasteiger partial charge < -0.3 is 15.1 Å². The molecule has 3 heterocycles. The van der Waals surface area contributed by atoms with Crippen LogP contribution in [0, 0.1) is 17.6 Å². The topological polar surface area (TPSA) is 61.4 Å². The van der Waals surface area contributed by atoms with Gasteiger partial charge in [0.15, 0.2) is 11.6 Å². The molecule has 0 unspecified atom stereocenters. The zero-order valence-corrected chi connectivity index (χ0v) is 19.2. The second-order valence-electron chi connectivity index (χ2n) is 9.17. The summed E-state index contributed by atoms with van der Waals surface area (Å²) in [7, 11) is 0. The van der Waals surface area contributed by atoms with Crippen molar-refractivity contribution in [2.45, 2.75) is 58.8 Å². The number of alkyl halides is 1. The summed E-state index contributed by atoms with van der Waals surface area (Å²) in [6.45, 7) is 7.78. The number of benzene rings is 1. The molecule has 0 bridgehead atoms. The van der Waals surface area contributed by atoms with Crippen LogP contribution in [0.5, 0.6) is 0 Å². The summed E-state index contributed by atoms with van der Waals surface area (Å²) in [6, 6.07) is 3.17. The van der Waals surface area contributed by atoms with E-state index in [1.807, 2.05) is 13.8 Å². The van der Waals surface area contributed by atoms with Crippen LogP contribution in [0.2, 0.25) is 0 Å². The number of hydrogen-bond donors (Lipinski definition) is 1. The quantitative estimate of drug-likeness (QED) is 0.715. The van der Waals surface area contributed by atoms with Gasteiger partial charge in [0.05, 0.1) is 17.9 Å². The molecule has 1 saturated heterocycles. The van der Waals surface area contributed by atoms with Crippen LogP contribution in [0.3, 0.4) is 0 Å². The van der Waals surface area contributed by atoms with Gasteiger partial charge in [-0.3, -0.25) is 4.79 Å². The highest BCUT2D eigenvalue weighted by atomic mass is 19.1. The van der Waals surface area contributed by atoms with Gasteiger partial charge in [0.2, 0.25) is 5.91 Å². The van der Waals surface area contributed by atoms with Gasteiger partial charge >= 0.3 is 0 Å². The zero-order valence-electron chi connectivity index (χ0n) is 19.2. The Labute approximate surface area is 192 Å². The first-order valence-corrected chi connectivity index (χ1v) is 11.5. The van der Waals surface area contributed by atoms with E-state index in [0.29, 0.717) is 51.3 Å². The van der Waals surface area contributed by atoms with E-state index in [4.69, 9.17) is 9.97 Å². The van der Waals surface area contributed by atoms with Crippen molar-refractivity contribution in [2.75, 3.05) is 29.9 Å². The summed E-state index contributed by atoms with van der Waals surface area (Å²) >= 11 is 0. The molecule has 2 aliphatic rings. The number of piperidine rings is 1. The second-order valence-corrected chi connectivity index (χ2v) is 9.17. The molecule has 9 heteroatoms. The molecule has 1 atom stereocenters. The fraction of sp³-hybridized carbons (Fsp3) is 0.542. The van der Waals surface area contributed by atoms with E-state index in [0.717, 1.165) is 29.3 Å². The van der Waals surface area contributed by atoms with Crippen LogP contribution in [-0.2, 0) is 17.8 Å².